The Morgan fingerprint density at radius 1 is 1.00 bits per heavy atom. The van der Waals surface area contributed by atoms with Crippen LogP contribution in [0.15, 0.2) is 39.3 Å². The minimum atomic E-state index is 0.527. The quantitative estimate of drug-likeness (QED) is 0.662. The highest BCUT2D eigenvalue weighted by Gasteiger charge is 2.18. The first-order valence-electron chi connectivity index (χ1n) is 7.33. The summed E-state index contributed by atoms with van der Waals surface area (Å²) in [6, 6.07) is 11.7. The van der Waals surface area contributed by atoms with Crippen molar-refractivity contribution in [3.05, 3.63) is 61.5 Å². The molecule has 1 aliphatic carbocycles. The molecule has 21 heavy (non-hydrogen) atoms. The van der Waals surface area contributed by atoms with Crippen molar-refractivity contribution < 1.29 is 0 Å². The molecule has 2 aromatic carbocycles. The van der Waals surface area contributed by atoms with Gasteiger partial charge in [-0.1, -0.05) is 37.9 Å². The first-order valence-corrected chi connectivity index (χ1v) is 8.92. The lowest BCUT2D eigenvalue weighted by molar-refractivity contribution is 0.610. The molecule has 1 nitrogen and oxygen atoms in total. The lowest BCUT2D eigenvalue weighted by Gasteiger charge is -2.27. The Bertz CT molecular complexity index is 656. The van der Waals surface area contributed by atoms with Gasteiger partial charge >= 0.3 is 0 Å². The zero-order chi connectivity index (χ0) is 15.0. The normalized spacial score (nSPS) is 17.4. The van der Waals surface area contributed by atoms with Crippen LogP contribution in [-0.4, -0.2) is 6.04 Å². The summed E-state index contributed by atoms with van der Waals surface area (Å²) < 4.78 is 2.40. The van der Waals surface area contributed by atoms with Gasteiger partial charge < -0.3 is 5.32 Å². The molecular weight excluding hydrogens is 390 g/mol. The van der Waals surface area contributed by atoms with Gasteiger partial charge in [0.2, 0.25) is 0 Å². The molecule has 0 spiro atoms. The molecule has 1 atom stereocenters. The Morgan fingerprint density at radius 2 is 1.71 bits per heavy atom. The van der Waals surface area contributed by atoms with Crippen LogP contribution in [0.2, 0.25) is 0 Å². The van der Waals surface area contributed by atoms with Crippen LogP contribution < -0.4 is 5.32 Å². The molecule has 0 aliphatic heterocycles. The largest absolute Gasteiger partial charge is 0.382 e. The van der Waals surface area contributed by atoms with E-state index in [4.69, 9.17) is 0 Å². The van der Waals surface area contributed by atoms with Crippen LogP contribution in [0.3, 0.4) is 0 Å². The second-order valence-electron chi connectivity index (χ2n) is 5.92. The van der Waals surface area contributed by atoms with Crippen molar-refractivity contribution in [2.24, 2.45) is 0 Å². The lowest BCUT2D eigenvalue weighted by Crippen LogP contribution is -2.27. The number of fused-ring (bicyclic) bond motifs is 1. The topological polar surface area (TPSA) is 12.0 Å². The number of rotatable bonds is 2. The summed E-state index contributed by atoms with van der Waals surface area (Å²) in [6.45, 7) is 4.30. The van der Waals surface area contributed by atoms with E-state index in [2.05, 4.69) is 81.4 Å². The van der Waals surface area contributed by atoms with Gasteiger partial charge in [0.1, 0.15) is 0 Å². The van der Waals surface area contributed by atoms with E-state index >= 15 is 0 Å². The molecule has 0 bridgehead atoms. The van der Waals surface area contributed by atoms with Crippen molar-refractivity contribution in [1.82, 2.24) is 0 Å². The van der Waals surface area contributed by atoms with Crippen molar-refractivity contribution >= 4 is 37.5 Å². The van der Waals surface area contributed by atoms with E-state index in [0.29, 0.717) is 6.04 Å². The van der Waals surface area contributed by atoms with E-state index in [0.717, 1.165) is 12.8 Å². The van der Waals surface area contributed by atoms with Gasteiger partial charge in [0, 0.05) is 20.7 Å². The number of nitrogens with one attached hydrogen (secondary N) is 1. The maximum atomic E-state index is 3.71. The van der Waals surface area contributed by atoms with Gasteiger partial charge in [0.25, 0.3) is 0 Å². The Morgan fingerprint density at radius 3 is 2.43 bits per heavy atom. The average Bonchev–Trinajstić information content (AvgIpc) is 2.45. The van der Waals surface area contributed by atoms with Gasteiger partial charge in [0.15, 0.2) is 0 Å². The van der Waals surface area contributed by atoms with Crippen molar-refractivity contribution in [3.63, 3.8) is 0 Å². The summed E-state index contributed by atoms with van der Waals surface area (Å²) in [7, 11) is 0. The Kier molecular flexibility index (Phi) is 4.41. The fraction of sp³-hybridized carbons (Fsp3) is 0.333. The zero-order valence-corrected chi connectivity index (χ0v) is 15.5. The van der Waals surface area contributed by atoms with Gasteiger partial charge in [0.05, 0.1) is 0 Å². The Hall–Kier alpha value is -0.800. The minimum Gasteiger partial charge on any atom is -0.382 e. The number of benzene rings is 2. The fourth-order valence-corrected chi connectivity index (χ4v) is 3.75. The molecule has 0 radical (unpaired) electrons. The first-order chi connectivity index (χ1) is 10.0. The summed E-state index contributed by atoms with van der Waals surface area (Å²) in [5, 5.41) is 3.71. The Labute approximate surface area is 143 Å². The molecule has 0 saturated heterocycles. The molecule has 1 N–H and O–H groups in total. The highest BCUT2D eigenvalue weighted by molar-refractivity contribution is 9.10. The van der Waals surface area contributed by atoms with Crippen LogP contribution in [0, 0.1) is 13.8 Å². The molecule has 0 saturated carbocycles. The van der Waals surface area contributed by atoms with Crippen molar-refractivity contribution in [1.29, 1.82) is 0 Å². The second kappa shape index (κ2) is 6.13. The molecule has 110 valence electrons. The molecular formula is C18H19Br2N. The van der Waals surface area contributed by atoms with Crippen LogP contribution in [0.4, 0.5) is 5.69 Å². The zero-order valence-electron chi connectivity index (χ0n) is 12.3. The summed E-state index contributed by atoms with van der Waals surface area (Å²) in [5.74, 6) is 0. The number of aryl methyl sites for hydroxylation is 3. The van der Waals surface area contributed by atoms with Gasteiger partial charge in [-0.05, 0) is 79.6 Å². The van der Waals surface area contributed by atoms with E-state index in [1.807, 2.05) is 0 Å². The fourth-order valence-electron chi connectivity index (χ4n) is 3.11. The van der Waals surface area contributed by atoms with Crippen molar-refractivity contribution in [2.75, 3.05) is 5.32 Å². The molecule has 0 fully saturated rings. The van der Waals surface area contributed by atoms with Crippen LogP contribution in [-0.2, 0) is 12.8 Å². The number of anilines is 1. The van der Waals surface area contributed by atoms with Crippen molar-refractivity contribution in [3.8, 4) is 0 Å². The minimum absolute atomic E-state index is 0.527. The third-order valence-electron chi connectivity index (χ3n) is 4.20. The van der Waals surface area contributed by atoms with Gasteiger partial charge in [-0.3, -0.25) is 0 Å². The molecule has 0 aromatic heterocycles. The smallest absolute Gasteiger partial charge is 0.0348 e. The standard InChI is InChI=1S/C18H19Br2N/c1-11-7-17(8-12(2)18(11)20)21-16-6-4-13-9-15(19)5-3-14(13)10-16/h3,5,7-9,16,21H,4,6,10H2,1-2H3. The molecule has 2 aromatic rings. The van der Waals surface area contributed by atoms with Crippen LogP contribution in [0.5, 0.6) is 0 Å². The summed E-state index contributed by atoms with van der Waals surface area (Å²) in [6.07, 6.45) is 3.45. The van der Waals surface area contributed by atoms with E-state index in [9.17, 15) is 0 Å². The highest BCUT2D eigenvalue weighted by Crippen LogP contribution is 2.29. The summed E-state index contributed by atoms with van der Waals surface area (Å²) >= 11 is 7.20. The molecule has 0 amide bonds. The second-order valence-corrected chi connectivity index (χ2v) is 7.63. The van der Waals surface area contributed by atoms with E-state index < -0.39 is 0 Å². The van der Waals surface area contributed by atoms with Crippen LogP contribution >= 0.6 is 31.9 Å². The average molecular weight is 409 g/mol. The van der Waals surface area contributed by atoms with E-state index in [-0.39, 0.29) is 0 Å². The van der Waals surface area contributed by atoms with E-state index in [1.54, 1.807) is 0 Å². The molecule has 3 rings (SSSR count). The summed E-state index contributed by atoms with van der Waals surface area (Å²) in [4.78, 5) is 0. The predicted molar refractivity (Wildman–Crippen MR) is 97.2 cm³/mol. The third kappa shape index (κ3) is 3.35. The molecule has 0 heterocycles. The monoisotopic (exact) mass is 407 g/mol. The first kappa shape index (κ1) is 15.1. The maximum absolute atomic E-state index is 3.71. The molecule has 1 unspecified atom stereocenters. The SMILES string of the molecule is Cc1cc(NC2CCc3cc(Br)ccc3C2)cc(C)c1Br. The van der Waals surface area contributed by atoms with E-state index in [1.165, 1.54) is 43.3 Å². The predicted octanol–water partition coefficient (Wildman–Crippen LogP) is 5.80. The molecule has 1 aliphatic rings. The van der Waals surface area contributed by atoms with Gasteiger partial charge in [-0.25, -0.2) is 0 Å². The number of halogens is 2. The van der Waals surface area contributed by atoms with Gasteiger partial charge in [-0.2, -0.15) is 0 Å². The third-order valence-corrected chi connectivity index (χ3v) is 5.95. The number of hydrogen-bond donors (Lipinski definition) is 1. The van der Waals surface area contributed by atoms with Crippen molar-refractivity contribution in [2.45, 2.75) is 39.2 Å². The van der Waals surface area contributed by atoms with Gasteiger partial charge in [-0.15, -0.1) is 0 Å². The summed E-state index contributed by atoms with van der Waals surface area (Å²) in [5.41, 5.74) is 6.78. The maximum Gasteiger partial charge on any atom is 0.0348 e. The lowest BCUT2D eigenvalue weighted by atomic mass is 9.88. The molecule has 3 heteroatoms. The Balaban J connectivity index is 1.77. The van der Waals surface area contributed by atoms with Crippen LogP contribution in [0.1, 0.15) is 28.7 Å². The highest BCUT2D eigenvalue weighted by atomic mass is 79.9. The van der Waals surface area contributed by atoms with Crippen LogP contribution in [0.25, 0.3) is 0 Å². The number of hydrogen-bond acceptors (Lipinski definition) is 1.